The normalized spacial score (nSPS) is 24.0. The number of anilines is 1. The van der Waals surface area contributed by atoms with Crippen molar-refractivity contribution in [3.8, 4) is 5.75 Å². The molecule has 0 spiro atoms. The number of nitrogens with zero attached hydrogens (tertiary/aromatic N) is 1. The summed E-state index contributed by atoms with van der Waals surface area (Å²) >= 11 is 0. The molecule has 4 rings (SSSR count). The number of alkyl halides is 2. The van der Waals surface area contributed by atoms with Crippen LogP contribution in [0.1, 0.15) is 49.7 Å². The molecule has 156 valence electrons. The van der Waals surface area contributed by atoms with Gasteiger partial charge in [-0.1, -0.05) is 12.2 Å². The molecule has 1 unspecified atom stereocenters. The predicted molar refractivity (Wildman–Crippen MR) is 106 cm³/mol. The molecule has 1 saturated carbocycles. The first kappa shape index (κ1) is 19.9. The molecule has 1 N–H and O–H groups in total. The molecule has 1 saturated heterocycles. The number of likely N-dealkylation sites (tertiary alicyclic amines) is 1. The lowest BCUT2D eigenvalue weighted by Gasteiger charge is -2.26. The fourth-order valence-electron chi connectivity index (χ4n) is 4.35. The first-order valence-electron chi connectivity index (χ1n) is 10.2. The number of benzene rings is 1. The standard InChI is InChI=1S/C22H26F2N2O3/c1-26-18(4-5-19(26)27)21(28)25-17-13-15(12-16-8-11-29-20(16)17)3-2-14-6-9-22(23,24)10-7-14/h2-3,12-14,18H,4-11H2,1H3,(H,25,28). The third-order valence-electron chi connectivity index (χ3n) is 6.18. The zero-order chi connectivity index (χ0) is 20.6. The van der Waals surface area contributed by atoms with Gasteiger partial charge in [-0.05, 0) is 42.9 Å². The SMILES string of the molecule is CN1C(=O)CCC1C(=O)Nc1cc(C=CC2CCC(F)(F)CC2)cc2c1OCC2. The molecule has 2 amide bonds. The summed E-state index contributed by atoms with van der Waals surface area (Å²) in [5.74, 6) is -1.94. The molecule has 0 radical (unpaired) electrons. The third-order valence-corrected chi connectivity index (χ3v) is 6.18. The molecule has 1 aromatic rings. The third kappa shape index (κ3) is 4.28. The van der Waals surface area contributed by atoms with E-state index in [1.54, 1.807) is 7.05 Å². The van der Waals surface area contributed by atoms with Crippen molar-refractivity contribution in [1.29, 1.82) is 0 Å². The number of hydrogen-bond donors (Lipinski definition) is 1. The van der Waals surface area contributed by atoms with Gasteiger partial charge in [-0.2, -0.15) is 0 Å². The molecule has 3 aliphatic rings. The van der Waals surface area contributed by atoms with E-state index < -0.39 is 12.0 Å². The number of ether oxygens (including phenoxy) is 1. The van der Waals surface area contributed by atoms with Crippen LogP contribution in [-0.4, -0.2) is 42.3 Å². The molecule has 2 aliphatic heterocycles. The van der Waals surface area contributed by atoms with Crippen molar-refractivity contribution >= 4 is 23.6 Å². The molecule has 29 heavy (non-hydrogen) atoms. The second-order valence-electron chi connectivity index (χ2n) is 8.26. The van der Waals surface area contributed by atoms with Crippen LogP contribution in [0.2, 0.25) is 0 Å². The summed E-state index contributed by atoms with van der Waals surface area (Å²) in [4.78, 5) is 25.9. The van der Waals surface area contributed by atoms with E-state index in [4.69, 9.17) is 4.74 Å². The molecular formula is C22H26F2N2O3. The lowest BCUT2D eigenvalue weighted by Crippen LogP contribution is -2.38. The number of carbonyl (C=O) groups is 2. The Bertz CT molecular complexity index is 843. The largest absolute Gasteiger partial charge is 0.491 e. The Labute approximate surface area is 169 Å². The minimum absolute atomic E-state index is 0.0265. The molecule has 7 heteroatoms. The Morgan fingerprint density at radius 2 is 2.00 bits per heavy atom. The summed E-state index contributed by atoms with van der Waals surface area (Å²) in [6.45, 7) is 0.560. The van der Waals surface area contributed by atoms with Crippen molar-refractivity contribution in [3.05, 3.63) is 29.3 Å². The van der Waals surface area contributed by atoms with Gasteiger partial charge in [0.25, 0.3) is 0 Å². The van der Waals surface area contributed by atoms with Gasteiger partial charge in [0, 0.05) is 38.3 Å². The number of halogens is 2. The fraction of sp³-hybridized carbons (Fsp3) is 0.545. The number of likely N-dealkylation sites (N-methyl/N-ethyl adjacent to an activating group) is 1. The number of amides is 2. The molecule has 1 aliphatic carbocycles. The van der Waals surface area contributed by atoms with E-state index in [1.165, 1.54) is 4.90 Å². The van der Waals surface area contributed by atoms with Crippen molar-refractivity contribution in [2.75, 3.05) is 19.0 Å². The number of carbonyl (C=O) groups excluding carboxylic acids is 2. The van der Waals surface area contributed by atoms with Crippen molar-refractivity contribution in [2.45, 2.75) is 56.9 Å². The zero-order valence-corrected chi connectivity index (χ0v) is 16.5. The van der Waals surface area contributed by atoms with E-state index in [2.05, 4.69) is 5.32 Å². The van der Waals surface area contributed by atoms with E-state index in [0.29, 0.717) is 43.7 Å². The highest BCUT2D eigenvalue weighted by atomic mass is 19.3. The topological polar surface area (TPSA) is 58.6 Å². The van der Waals surface area contributed by atoms with Crippen molar-refractivity contribution in [2.24, 2.45) is 5.92 Å². The number of hydrogen-bond acceptors (Lipinski definition) is 3. The monoisotopic (exact) mass is 404 g/mol. The Morgan fingerprint density at radius 3 is 2.69 bits per heavy atom. The van der Waals surface area contributed by atoms with Crippen LogP contribution in [0.5, 0.6) is 5.75 Å². The second kappa shape index (κ2) is 7.76. The van der Waals surface area contributed by atoms with Gasteiger partial charge in [0.2, 0.25) is 17.7 Å². The van der Waals surface area contributed by atoms with Gasteiger partial charge >= 0.3 is 0 Å². The minimum atomic E-state index is -2.53. The lowest BCUT2D eigenvalue weighted by molar-refractivity contribution is -0.131. The van der Waals surface area contributed by atoms with E-state index in [0.717, 1.165) is 17.5 Å². The zero-order valence-electron chi connectivity index (χ0n) is 16.5. The highest BCUT2D eigenvalue weighted by molar-refractivity contribution is 6.00. The maximum absolute atomic E-state index is 13.3. The molecule has 0 bridgehead atoms. The molecule has 1 aromatic carbocycles. The first-order valence-corrected chi connectivity index (χ1v) is 10.2. The Balaban J connectivity index is 1.50. The van der Waals surface area contributed by atoms with Crippen LogP contribution in [0.25, 0.3) is 6.08 Å². The van der Waals surface area contributed by atoms with Gasteiger partial charge in [0.1, 0.15) is 11.8 Å². The van der Waals surface area contributed by atoms with Crippen LogP contribution >= 0.6 is 0 Å². The highest BCUT2D eigenvalue weighted by Gasteiger charge is 2.35. The van der Waals surface area contributed by atoms with Gasteiger partial charge in [-0.3, -0.25) is 9.59 Å². The van der Waals surface area contributed by atoms with Crippen molar-refractivity contribution < 1.29 is 23.1 Å². The molecule has 2 heterocycles. The number of nitrogens with one attached hydrogen (secondary N) is 1. The van der Waals surface area contributed by atoms with E-state index in [1.807, 2.05) is 24.3 Å². The lowest BCUT2D eigenvalue weighted by atomic mass is 9.86. The van der Waals surface area contributed by atoms with Gasteiger partial charge in [-0.15, -0.1) is 0 Å². The minimum Gasteiger partial charge on any atom is -0.491 e. The average Bonchev–Trinajstić information content (AvgIpc) is 3.28. The van der Waals surface area contributed by atoms with Crippen LogP contribution in [0.4, 0.5) is 14.5 Å². The molecule has 2 fully saturated rings. The van der Waals surface area contributed by atoms with Gasteiger partial charge in [0.15, 0.2) is 0 Å². The second-order valence-corrected chi connectivity index (χ2v) is 8.26. The Kier molecular flexibility index (Phi) is 5.32. The summed E-state index contributed by atoms with van der Waals surface area (Å²) in [5.41, 5.74) is 2.54. The maximum atomic E-state index is 13.3. The van der Waals surface area contributed by atoms with E-state index >= 15 is 0 Å². The van der Waals surface area contributed by atoms with Crippen LogP contribution in [0.3, 0.4) is 0 Å². The van der Waals surface area contributed by atoms with Crippen LogP contribution in [-0.2, 0) is 16.0 Å². The van der Waals surface area contributed by atoms with Crippen LogP contribution < -0.4 is 10.1 Å². The first-order chi connectivity index (χ1) is 13.8. The van der Waals surface area contributed by atoms with Crippen molar-refractivity contribution in [1.82, 2.24) is 4.90 Å². The smallest absolute Gasteiger partial charge is 0.248 e. The summed E-state index contributed by atoms with van der Waals surface area (Å²) in [7, 11) is 1.65. The van der Waals surface area contributed by atoms with E-state index in [-0.39, 0.29) is 30.6 Å². The quantitative estimate of drug-likeness (QED) is 0.825. The predicted octanol–water partition coefficient (Wildman–Crippen LogP) is 4.02. The molecular weight excluding hydrogens is 378 g/mol. The fourth-order valence-corrected chi connectivity index (χ4v) is 4.35. The molecule has 5 nitrogen and oxygen atoms in total. The summed E-state index contributed by atoms with van der Waals surface area (Å²) in [6, 6.07) is 3.41. The Hall–Kier alpha value is -2.44. The van der Waals surface area contributed by atoms with Gasteiger partial charge in [0.05, 0.1) is 12.3 Å². The number of allylic oxidation sites excluding steroid dienone is 1. The van der Waals surface area contributed by atoms with E-state index in [9.17, 15) is 18.4 Å². The summed E-state index contributed by atoms with van der Waals surface area (Å²) < 4.78 is 32.4. The van der Waals surface area contributed by atoms with Crippen molar-refractivity contribution in [3.63, 3.8) is 0 Å². The van der Waals surface area contributed by atoms with Gasteiger partial charge < -0.3 is 15.0 Å². The van der Waals surface area contributed by atoms with Crippen LogP contribution in [0, 0.1) is 5.92 Å². The number of rotatable bonds is 4. The van der Waals surface area contributed by atoms with Gasteiger partial charge in [-0.25, -0.2) is 8.78 Å². The Morgan fingerprint density at radius 1 is 1.24 bits per heavy atom. The highest BCUT2D eigenvalue weighted by Crippen LogP contribution is 2.38. The molecule has 0 aromatic heterocycles. The summed E-state index contributed by atoms with van der Waals surface area (Å²) in [6.07, 6.45) is 6.46. The molecule has 1 atom stereocenters. The average molecular weight is 404 g/mol. The van der Waals surface area contributed by atoms with Crippen LogP contribution in [0.15, 0.2) is 18.2 Å². The maximum Gasteiger partial charge on any atom is 0.248 e. The number of fused-ring (bicyclic) bond motifs is 1. The summed E-state index contributed by atoms with van der Waals surface area (Å²) in [5, 5.41) is 2.93.